The molecule has 0 aliphatic carbocycles. The lowest BCUT2D eigenvalue weighted by Crippen LogP contribution is -2.38. The van der Waals surface area contributed by atoms with Gasteiger partial charge in [0.1, 0.15) is 5.82 Å². The lowest BCUT2D eigenvalue weighted by molar-refractivity contribution is -0.121. The second-order valence-corrected chi connectivity index (χ2v) is 5.16. The Morgan fingerprint density at radius 1 is 1.09 bits per heavy atom. The van der Waals surface area contributed by atoms with E-state index in [2.05, 4.69) is 5.32 Å². The molecule has 0 unspecified atom stereocenters. The molecule has 23 heavy (non-hydrogen) atoms. The van der Waals surface area contributed by atoms with Gasteiger partial charge in [-0.3, -0.25) is 9.59 Å². The molecule has 0 atom stereocenters. The molecule has 0 aliphatic heterocycles. The summed E-state index contributed by atoms with van der Waals surface area (Å²) in [5.74, 6) is -0.648. The van der Waals surface area contributed by atoms with Crippen molar-refractivity contribution in [2.45, 2.75) is 13.3 Å². The van der Waals surface area contributed by atoms with Gasteiger partial charge >= 0.3 is 0 Å². The number of rotatable bonds is 6. The van der Waals surface area contributed by atoms with Crippen molar-refractivity contribution < 1.29 is 14.0 Å². The molecule has 0 heterocycles. The molecule has 2 rings (SSSR count). The van der Waals surface area contributed by atoms with Crippen LogP contribution in [0.25, 0.3) is 0 Å². The maximum atomic E-state index is 13.1. The lowest BCUT2D eigenvalue weighted by Gasteiger charge is -2.21. The van der Waals surface area contributed by atoms with E-state index in [0.29, 0.717) is 18.7 Å². The molecule has 0 aliphatic rings. The topological polar surface area (TPSA) is 49.4 Å². The fraction of sp³-hybridized carbons (Fsp3) is 0.222. The van der Waals surface area contributed by atoms with E-state index in [9.17, 15) is 14.0 Å². The molecule has 0 bridgehead atoms. The summed E-state index contributed by atoms with van der Waals surface area (Å²) in [4.78, 5) is 25.2. The zero-order valence-corrected chi connectivity index (χ0v) is 13.0. The summed E-state index contributed by atoms with van der Waals surface area (Å²) < 4.78 is 13.1. The van der Waals surface area contributed by atoms with Crippen LogP contribution in [-0.2, 0) is 16.0 Å². The van der Waals surface area contributed by atoms with E-state index in [1.165, 1.54) is 19.1 Å². The third-order valence-electron chi connectivity index (χ3n) is 3.36. The van der Waals surface area contributed by atoms with Crippen LogP contribution in [-0.4, -0.2) is 24.9 Å². The highest BCUT2D eigenvalue weighted by atomic mass is 19.1. The minimum Gasteiger partial charge on any atom is -0.354 e. The van der Waals surface area contributed by atoms with Crippen LogP contribution in [0.2, 0.25) is 0 Å². The Kier molecular flexibility index (Phi) is 5.86. The van der Waals surface area contributed by atoms with Crippen molar-refractivity contribution in [3.63, 3.8) is 0 Å². The summed E-state index contributed by atoms with van der Waals surface area (Å²) >= 11 is 0. The highest BCUT2D eigenvalue weighted by molar-refractivity contribution is 5.91. The molecular weight excluding hydrogens is 295 g/mol. The molecule has 0 spiro atoms. The van der Waals surface area contributed by atoms with Gasteiger partial charge in [0.15, 0.2) is 0 Å². The van der Waals surface area contributed by atoms with Crippen LogP contribution in [0.5, 0.6) is 0 Å². The largest absolute Gasteiger partial charge is 0.354 e. The number of halogens is 1. The third kappa shape index (κ3) is 5.21. The highest BCUT2D eigenvalue weighted by Crippen LogP contribution is 2.12. The predicted molar refractivity (Wildman–Crippen MR) is 87.6 cm³/mol. The highest BCUT2D eigenvalue weighted by Gasteiger charge is 2.11. The molecule has 5 heteroatoms. The Morgan fingerprint density at radius 3 is 2.48 bits per heavy atom. The van der Waals surface area contributed by atoms with Gasteiger partial charge < -0.3 is 10.2 Å². The van der Waals surface area contributed by atoms with Crippen molar-refractivity contribution in [2.24, 2.45) is 0 Å². The molecule has 0 saturated heterocycles. The number of benzene rings is 2. The van der Waals surface area contributed by atoms with Gasteiger partial charge in [-0.1, -0.05) is 30.3 Å². The van der Waals surface area contributed by atoms with Crippen molar-refractivity contribution in [1.82, 2.24) is 5.32 Å². The van der Waals surface area contributed by atoms with Crippen molar-refractivity contribution in [3.8, 4) is 0 Å². The molecule has 4 nitrogen and oxygen atoms in total. The van der Waals surface area contributed by atoms with Crippen molar-refractivity contribution >= 4 is 17.5 Å². The lowest BCUT2D eigenvalue weighted by atomic mass is 10.1. The molecule has 0 saturated carbocycles. The Labute approximate surface area is 134 Å². The van der Waals surface area contributed by atoms with Crippen LogP contribution < -0.4 is 10.2 Å². The quantitative estimate of drug-likeness (QED) is 0.891. The van der Waals surface area contributed by atoms with E-state index in [4.69, 9.17) is 0 Å². The first-order valence-electron chi connectivity index (χ1n) is 7.40. The first-order chi connectivity index (χ1) is 11.1. The summed E-state index contributed by atoms with van der Waals surface area (Å²) in [5, 5.41) is 2.75. The van der Waals surface area contributed by atoms with Crippen LogP contribution in [0.1, 0.15) is 12.5 Å². The van der Waals surface area contributed by atoms with Crippen molar-refractivity contribution in [3.05, 3.63) is 66.0 Å². The average molecular weight is 314 g/mol. The number of carbonyl (C=O) groups excluding carboxylic acids is 2. The van der Waals surface area contributed by atoms with E-state index in [-0.39, 0.29) is 24.1 Å². The second-order valence-electron chi connectivity index (χ2n) is 5.16. The molecule has 1 N–H and O–H groups in total. The van der Waals surface area contributed by atoms with E-state index in [1.807, 2.05) is 30.3 Å². The summed E-state index contributed by atoms with van der Waals surface area (Å²) in [5.41, 5.74) is 1.41. The Morgan fingerprint density at radius 2 is 1.83 bits per heavy atom. The SMILES string of the molecule is CC(=O)N(CCNC(=O)Cc1cccc(F)c1)c1ccccc1. The average Bonchev–Trinajstić information content (AvgIpc) is 2.52. The van der Waals surface area contributed by atoms with Gasteiger partial charge in [0.25, 0.3) is 0 Å². The van der Waals surface area contributed by atoms with Crippen LogP contribution in [0.4, 0.5) is 10.1 Å². The van der Waals surface area contributed by atoms with Crippen LogP contribution in [0.3, 0.4) is 0 Å². The third-order valence-corrected chi connectivity index (χ3v) is 3.36. The molecule has 0 radical (unpaired) electrons. The fourth-order valence-corrected chi connectivity index (χ4v) is 2.28. The standard InChI is InChI=1S/C18H19FN2O2/c1-14(22)21(17-8-3-2-4-9-17)11-10-20-18(23)13-15-6-5-7-16(19)12-15/h2-9,12H,10-11,13H2,1H3,(H,20,23). The predicted octanol–water partition coefficient (Wildman–Crippen LogP) is 2.54. The zero-order chi connectivity index (χ0) is 16.7. The number of amides is 2. The second kappa shape index (κ2) is 8.08. The molecule has 120 valence electrons. The maximum Gasteiger partial charge on any atom is 0.224 e. The summed E-state index contributed by atoms with van der Waals surface area (Å²) in [6.07, 6.45) is 0.114. The number of hydrogen-bond donors (Lipinski definition) is 1. The summed E-state index contributed by atoms with van der Waals surface area (Å²) in [6.45, 7) is 2.21. The van der Waals surface area contributed by atoms with Crippen molar-refractivity contribution in [1.29, 1.82) is 0 Å². The Balaban J connectivity index is 1.85. The monoisotopic (exact) mass is 314 g/mol. The number of para-hydroxylation sites is 1. The van der Waals surface area contributed by atoms with E-state index >= 15 is 0 Å². The van der Waals surface area contributed by atoms with Crippen LogP contribution >= 0.6 is 0 Å². The van der Waals surface area contributed by atoms with Gasteiger partial charge in [-0.15, -0.1) is 0 Å². The number of hydrogen-bond acceptors (Lipinski definition) is 2. The van der Waals surface area contributed by atoms with E-state index < -0.39 is 0 Å². The number of nitrogens with one attached hydrogen (secondary N) is 1. The summed E-state index contributed by atoms with van der Waals surface area (Å²) in [7, 11) is 0. The molecule has 0 fully saturated rings. The summed E-state index contributed by atoms with van der Waals surface area (Å²) in [6, 6.07) is 15.2. The first kappa shape index (κ1) is 16.7. The van der Waals surface area contributed by atoms with Gasteiger partial charge in [0, 0.05) is 25.7 Å². The van der Waals surface area contributed by atoms with Crippen LogP contribution in [0.15, 0.2) is 54.6 Å². The van der Waals surface area contributed by atoms with E-state index in [1.54, 1.807) is 17.0 Å². The van der Waals surface area contributed by atoms with Gasteiger partial charge in [0.05, 0.1) is 6.42 Å². The fourth-order valence-electron chi connectivity index (χ4n) is 2.28. The normalized spacial score (nSPS) is 10.2. The van der Waals surface area contributed by atoms with Crippen LogP contribution in [0, 0.1) is 5.82 Å². The van der Waals surface area contributed by atoms with E-state index in [0.717, 1.165) is 5.69 Å². The first-order valence-corrected chi connectivity index (χ1v) is 7.40. The van der Waals surface area contributed by atoms with Gasteiger partial charge in [-0.25, -0.2) is 4.39 Å². The zero-order valence-electron chi connectivity index (χ0n) is 13.0. The smallest absolute Gasteiger partial charge is 0.224 e. The molecule has 0 aromatic heterocycles. The number of anilines is 1. The molecule has 2 aromatic carbocycles. The number of carbonyl (C=O) groups is 2. The number of nitrogens with zero attached hydrogens (tertiary/aromatic N) is 1. The molecule has 2 amide bonds. The molecular formula is C18H19FN2O2. The molecule has 2 aromatic rings. The van der Waals surface area contributed by atoms with Gasteiger partial charge in [-0.2, -0.15) is 0 Å². The van der Waals surface area contributed by atoms with Crippen molar-refractivity contribution in [2.75, 3.05) is 18.0 Å². The Hall–Kier alpha value is -2.69. The maximum absolute atomic E-state index is 13.1. The van der Waals surface area contributed by atoms with Gasteiger partial charge in [-0.05, 0) is 29.8 Å². The van der Waals surface area contributed by atoms with Gasteiger partial charge in [0.2, 0.25) is 11.8 Å². The minimum atomic E-state index is -0.359. The minimum absolute atomic E-state index is 0.0874. The Bertz CT molecular complexity index is 674.